The van der Waals surface area contributed by atoms with Gasteiger partial charge >= 0.3 is 0 Å². The molecule has 1 aliphatic heterocycles. The molecule has 1 heterocycles. The monoisotopic (exact) mass is 401 g/mol. The second-order valence-corrected chi connectivity index (χ2v) is 8.63. The van der Waals surface area contributed by atoms with E-state index in [-0.39, 0.29) is 10.9 Å². The number of piperidine rings is 1. The van der Waals surface area contributed by atoms with E-state index in [1.54, 1.807) is 29.6 Å². The van der Waals surface area contributed by atoms with Crippen molar-refractivity contribution in [1.82, 2.24) is 9.62 Å². The summed E-state index contributed by atoms with van der Waals surface area (Å²) in [5.41, 5.74) is 0.507. The molecule has 1 fully saturated rings. The van der Waals surface area contributed by atoms with Crippen molar-refractivity contribution in [2.75, 3.05) is 39.2 Å². The zero-order chi connectivity index (χ0) is 19.2. The average Bonchev–Trinajstić information content (AvgIpc) is 2.62. The van der Waals surface area contributed by atoms with Gasteiger partial charge in [0.15, 0.2) is 5.11 Å². The Hall–Kier alpha value is -1.42. The topological polar surface area (TPSA) is 79.9 Å². The Bertz CT molecular complexity index is 719. The summed E-state index contributed by atoms with van der Waals surface area (Å²) < 4.78 is 37.7. The highest BCUT2D eigenvalue weighted by molar-refractivity contribution is 7.89. The number of rotatable bonds is 7. The lowest BCUT2D eigenvalue weighted by Gasteiger charge is -2.26. The van der Waals surface area contributed by atoms with Crippen LogP contribution < -0.4 is 15.4 Å². The van der Waals surface area contributed by atoms with Crippen LogP contribution in [-0.2, 0) is 14.8 Å². The minimum atomic E-state index is -3.52. The lowest BCUT2D eigenvalue weighted by Crippen LogP contribution is -2.38. The molecular weight excluding hydrogens is 374 g/mol. The first-order valence-electron chi connectivity index (χ1n) is 8.63. The number of sulfonamides is 1. The number of ether oxygens (including phenoxy) is 2. The number of anilines is 1. The van der Waals surface area contributed by atoms with Crippen LogP contribution in [0.5, 0.6) is 5.75 Å². The van der Waals surface area contributed by atoms with E-state index in [1.165, 1.54) is 7.11 Å². The minimum Gasteiger partial charge on any atom is -0.495 e. The van der Waals surface area contributed by atoms with Crippen molar-refractivity contribution in [3.05, 3.63) is 18.2 Å². The maximum absolute atomic E-state index is 12.9. The van der Waals surface area contributed by atoms with Crippen LogP contribution in [0.4, 0.5) is 5.69 Å². The van der Waals surface area contributed by atoms with Crippen molar-refractivity contribution in [2.45, 2.75) is 37.1 Å². The lowest BCUT2D eigenvalue weighted by atomic mass is 10.2. The first-order chi connectivity index (χ1) is 12.4. The molecule has 26 heavy (non-hydrogen) atoms. The molecule has 7 nitrogen and oxygen atoms in total. The summed E-state index contributed by atoms with van der Waals surface area (Å²) in [7, 11) is -0.374. The highest BCUT2D eigenvalue weighted by Gasteiger charge is 2.26. The number of methoxy groups -OCH3 is 2. The van der Waals surface area contributed by atoms with Crippen LogP contribution in [0.3, 0.4) is 0 Å². The summed E-state index contributed by atoms with van der Waals surface area (Å²) in [6.07, 6.45) is 2.86. The molecule has 1 atom stereocenters. The van der Waals surface area contributed by atoms with Gasteiger partial charge in [-0.05, 0) is 50.2 Å². The molecule has 0 amide bonds. The van der Waals surface area contributed by atoms with Gasteiger partial charge in [0.2, 0.25) is 10.0 Å². The number of nitrogens with zero attached hydrogens (tertiary/aromatic N) is 1. The standard InChI is InChI=1S/C17H27N3O4S2/c1-13(12-23-2)18-17(25)19-15-11-14(7-8-16(15)24-3)26(21,22)20-9-5-4-6-10-20/h7-8,11,13H,4-6,9-10,12H2,1-3H3,(H2,18,19,25)/t13-/m1/s1. The van der Waals surface area contributed by atoms with E-state index in [1.807, 2.05) is 6.92 Å². The Kier molecular flexibility index (Phi) is 7.63. The number of benzene rings is 1. The molecule has 1 aromatic rings. The van der Waals surface area contributed by atoms with Gasteiger partial charge in [0.25, 0.3) is 0 Å². The smallest absolute Gasteiger partial charge is 0.243 e. The predicted molar refractivity (Wildman–Crippen MR) is 106 cm³/mol. The molecule has 1 aliphatic rings. The van der Waals surface area contributed by atoms with E-state index >= 15 is 0 Å². The Labute approximate surface area is 161 Å². The van der Waals surface area contributed by atoms with Crippen molar-refractivity contribution in [1.29, 1.82) is 0 Å². The maximum Gasteiger partial charge on any atom is 0.243 e. The lowest BCUT2D eigenvalue weighted by molar-refractivity contribution is 0.179. The van der Waals surface area contributed by atoms with Gasteiger partial charge < -0.3 is 20.1 Å². The third kappa shape index (κ3) is 5.29. The van der Waals surface area contributed by atoms with Gasteiger partial charge in [0.05, 0.1) is 24.3 Å². The van der Waals surface area contributed by atoms with Gasteiger partial charge in [0, 0.05) is 26.2 Å². The van der Waals surface area contributed by atoms with Crippen LogP contribution in [-0.4, -0.2) is 57.8 Å². The first-order valence-corrected chi connectivity index (χ1v) is 10.5. The Morgan fingerprint density at radius 1 is 1.27 bits per heavy atom. The van der Waals surface area contributed by atoms with Crippen molar-refractivity contribution < 1.29 is 17.9 Å². The summed E-state index contributed by atoms with van der Waals surface area (Å²) in [4.78, 5) is 0.232. The van der Waals surface area contributed by atoms with E-state index in [4.69, 9.17) is 21.7 Å². The van der Waals surface area contributed by atoms with Crippen LogP contribution >= 0.6 is 12.2 Å². The maximum atomic E-state index is 12.9. The predicted octanol–water partition coefficient (Wildman–Crippen LogP) is 2.19. The molecule has 1 saturated heterocycles. The highest BCUT2D eigenvalue weighted by atomic mass is 32.2. The fraction of sp³-hybridized carbons (Fsp3) is 0.588. The fourth-order valence-corrected chi connectivity index (χ4v) is 4.73. The zero-order valence-corrected chi connectivity index (χ0v) is 17.1. The van der Waals surface area contributed by atoms with E-state index in [9.17, 15) is 8.42 Å². The molecule has 0 bridgehead atoms. The molecule has 0 saturated carbocycles. The summed E-state index contributed by atoms with van der Waals surface area (Å²) in [5, 5.41) is 6.48. The van der Waals surface area contributed by atoms with E-state index < -0.39 is 10.0 Å². The molecule has 146 valence electrons. The van der Waals surface area contributed by atoms with Crippen LogP contribution in [0.2, 0.25) is 0 Å². The van der Waals surface area contributed by atoms with Crippen LogP contribution in [0.1, 0.15) is 26.2 Å². The van der Waals surface area contributed by atoms with Crippen LogP contribution in [0.25, 0.3) is 0 Å². The highest BCUT2D eigenvalue weighted by Crippen LogP contribution is 2.29. The van der Waals surface area contributed by atoms with Crippen molar-refractivity contribution in [3.8, 4) is 5.75 Å². The molecule has 0 unspecified atom stereocenters. The molecule has 0 spiro atoms. The normalized spacial score (nSPS) is 16.7. The first kappa shape index (κ1) is 20.9. The molecule has 1 aromatic carbocycles. The average molecular weight is 402 g/mol. The Balaban J connectivity index is 2.20. The van der Waals surface area contributed by atoms with Crippen LogP contribution in [0.15, 0.2) is 23.1 Å². The molecule has 0 aliphatic carbocycles. The summed E-state index contributed by atoms with van der Waals surface area (Å²) in [6, 6.07) is 4.79. The number of hydrogen-bond acceptors (Lipinski definition) is 5. The van der Waals surface area contributed by atoms with E-state index in [2.05, 4.69) is 10.6 Å². The second kappa shape index (κ2) is 9.50. The van der Waals surface area contributed by atoms with Crippen molar-refractivity contribution in [3.63, 3.8) is 0 Å². The third-order valence-electron chi connectivity index (χ3n) is 4.17. The van der Waals surface area contributed by atoms with Crippen LogP contribution in [0, 0.1) is 0 Å². The quantitative estimate of drug-likeness (QED) is 0.678. The van der Waals surface area contributed by atoms with Gasteiger partial charge in [-0.1, -0.05) is 6.42 Å². The van der Waals surface area contributed by atoms with Gasteiger partial charge in [-0.15, -0.1) is 0 Å². The number of hydrogen-bond donors (Lipinski definition) is 2. The SMILES string of the molecule is COC[C@@H](C)NC(=S)Nc1cc(S(=O)(=O)N2CCCCC2)ccc1OC. The molecule has 0 radical (unpaired) electrons. The van der Waals surface area contributed by atoms with Gasteiger partial charge in [0.1, 0.15) is 5.75 Å². The Morgan fingerprint density at radius 2 is 1.96 bits per heavy atom. The molecule has 2 N–H and O–H groups in total. The largest absolute Gasteiger partial charge is 0.495 e. The third-order valence-corrected chi connectivity index (χ3v) is 6.28. The number of thiocarbonyl (C=S) groups is 1. The summed E-state index contributed by atoms with van der Waals surface area (Å²) in [5.74, 6) is 0.520. The zero-order valence-electron chi connectivity index (χ0n) is 15.4. The summed E-state index contributed by atoms with van der Waals surface area (Å²) >= 11 is 5.30. The van der Waals surface area contributed by atoms with E-state index in [0.29, 0.717) is 36.2 Å². The van der Waals surface area contributed by atoms with Gasteiger partial charge in [-0.3, -0.25) is 0 Å². The van der Waals surface area contributed by atoms with Gasteiger partial charge in [-0.25, -0.2) is 8.42 Å². The molecular formula is C17H27N3O4S2. The molecule has 0 aromatic heterocycles. The van der Waals surface area contributed by atoms with Crippen molar-refractivity contribution >= 4 is 33.0 Å². The second-order valence-electron chi connectivity index (χ2n) is 6.28. The fourth-order valence-electron chi connectivity index (χ4n) is 2.87. The summed E-state index contributed by atoms with van der Waals surface area (Å²) in [6.45, 7) is 3.56. The Morgan fingerprint density at radius 3 is 2.58 bits per heavy atom. The minimum absolute atomic E-state index is 0.0197. The number of nitrogens with one attached hydrogen (secondary N) is 2. The van der Waals surface area contributed by atoms with Gasteiger partial charge in [-0.2, -0.15) is 4.31 Å². The molecule has 2 rings (SSSR count). The van der Waals surface area contributed by atoms with E-state index in [0.717, 1.165) is 19.3 Å². The molecule has 9 heteroatoms. The van der Waals surface area contributed by atoms with Crippen molar-refractivity contribution in [2.24, 2.45) is 0 Å².